The number of phenolic OH excluding ortho intramolecular Hbond substituents is 1. The van der Waals surface area contributed by atoms with Crippen molar-refractivity contribution in [3.05, 3.63) is 59.7 Å². The van der Waals surface area contributed by atoms with E-state index in [1.165, 1.54) is 50.7 Å². The van der Waals surface area contributed by atoms with Gasteiger partial charge in [0, 0.05) is 0 Å². The predicted octanol–water partition coefficient (Wildman–Crippen LogP) is 4.09. The Morgan fingerprint density at radius 2 is 1.39 bits per heavy atom. The van der Waals surface area contributed by atoms with Gasteiger partial charge in [0.05, 0.1) is 20.6 Å². The van der Waals surface area contributed by atoms with Crippen molar-refractivity contribution in [3.63, 3.8) is 0 Å². The second kappa shape index (κ2) is 13.6. The number of nitrogens with one attached hydrogen (secondary N) is 1. The third-order valence-electron chi connectivity index (χ3n) is 4.66. The van der Waals surface area contributed by atoms with E-state index in [0.29, 0.717) is 11.1 Å². The van der Waals surface area contributed by atoms with Crippen LogP contribution in [0.4, 0.5) is 4.79 Å². The maximum absolute atomic E-state index is 12.2. The molecule has 10 heteroatoms. The second-order valence-corrected chi connectivity index (χ2v) is 8.95. The van der Waals surface area contributed by atoms with Gasteiger partial charge in [0.1, 0.15) is 12.1 Å². The SMILES string of the molecule is COc1cc(/C=C/C(=O)CC(=O)/C=C/c2ccc(OC(=O)CNC(=O)OC(C)(C)C)c(OC)c2)ccc1O. The van der Waals surface area contributed by atoms with E-state index in [2.05, 4.69) is 5.32 Å². The summed E-state index contributed by atoms with van der Waals surface area (Å²) in [6, 6.07) is 9.23. The van der Waals surface area contributed by atoms with Gasteiger partial charge in [0.2, 0.25) is 0 Å². The number of carbonyl (C=O) groups is 4. The van der Waals surface area contributed by atoms with Crippen LogP contribution >= 0.6 is 0 Å². The zero-order valence-electron chi connectivity index (χ0n) is 21.9. The average molecular weight is 526 g/mol. The lowest BCUT2D eigenvalue weighted by molar-refractivity contribution is -0.133. The fourth-order valence-corrected chi connectivity index (χ4v) is 2.96. The summed E-state index contributed by atoms with van der Waals surface area (Å²) < 4.78 is 20.6. The Hall–Kier alpha value is -4.60. The van der Waals surface area contributed by atoms with Crippen LogP contribution in [0.1, 0.15) is 38.3 Å². The van der Waals surface area contributed by atoms with Crippen LogP contribution in [0, 0.1) is 0 Å². The summed E-state index contributed by atoms with van der Waals surface area (Å²) in [5.41, 5.74) is 0.500. The highest BCUT2D eigenvalue weighted by Gasteiger charge is 2.18. The number of phenols is 1. The summed E-state index contributed by atoms with van der Waals surface area (Å²) in [6.45, 7) is 4.69. The summed E-state index contributed by atoms with van der Waals surface area (Å²) >= 11 is 0. The summed E-state index contributed by atoms with van der Waals surface area (Å²) in [5.74, 6) is -0.935. The van der Waals surface area contributed by atoms with Crippen LogP contribution in [-0.4, -0.2) is 55.1 Å². The van der Waals surface area contributed by atoms with Gasteiger partial charge in [-0.1, -0.05) is 24.3 Å². The monoisotopic (exact) mass is 525 g/mol. The van der Waals surface area contributed by atoms with Crippen LogP contribution in [0.25, 0.3) is 12.2 Å². The van der Waals surface area contributed by atoms with Gasteiger partial charge in [-0.05, 0) is 68.3 Å². The molecule has 0 heterocycles. The Bertz CT molecular complexity index is 1240. The molecule has 0 saturated heterocycles. The maximum Gasteiger partial charge on any atom is 0.408 e. The van der Waals surface area contributed by atoms with Gasteiger partial charge in [-0.15, -0.1) is 0 Å². The first-order valence-corrected chi connectivity index (χ1v) is 11.5. The van der Waals surface area contributed by atoms with E-state index in [1.54, 1.807) is 45.0 Å². The van der Waals surface area contributed by atoms with E-state index in [0.717, 1.165) is 0 Å². The predicted molar refractivity (Wildman–Crippen MR) is 140 cm³/mol. The van der Waals surface area contributed by atoms with E-state index in [4.69, 9.17) is 18.9 Å². The summed E-state index contributed by atoms with van der Waals surface area (Å²) in [6.07, 6.45) is 4.49. The first-order valence-electron chi connectivity index (χ1n) is 11.5. The van der Waals surface area contributed by atoms with Gasteiger partial charge >= 0.3 is 12.1 Å². The molecular weight excluding hydrogens is 494 g/mol. The van der Waals surface area contributed by atoms with Gasteiger partial charge in [0.15, 0.2) is 34.6 Å². The van der Waals surface area contributed by atoms with E-state index in [-0.39, 0.29) is 29.4 Å². The van der Waals surface area contributed by atoms with Crippen molar-refractivity contribution in [1.29, 1.82) is 0 Å². The Balaban J connectivity index is 1.92. The average Bonchev–Trinajstić information content (AvgIpc) is 2.85. The standard InChI is InChI=1S/C28H31NO9/c1-28(2,3)38-27(34)29-17-26(33)37-23-13-9-19(15-25(23)36-5)7-11-21(31)16-20(30)10-6-18-8-12-22(32)24(14-18)35-4/h6-15,32H,16-17H2,1-5H3,(H,29,34)/b10-6+,11-7+. The Kier molecular flexibility index (Phi) is 10.6. The fourth-order valence-electron chi connectivity index (χ4n) is 2.96. The maximum atomic E-state index is 12.2. The molecule has 2 aromatic carbocycles. The normalized spacial score (nSPS) is 11.3. The zero-order chi connectivity index (χ0) is 28.3. The van der Waals surface area contributed by atoms with Crippen molar-refractivity contribution in [2.45, 2.75) is 32.8 Å². The molecule has 0 saturated carbocycles. The number of hydrogen-bond acceptors (Lipinski definition) is 9. The number of ketones is 2. The molecule has 0 aliphatic carbocycles. The summed E-state index contributed by atoms with van der Waals surface area (Å²) in [5, 5.41) is 11.9. The molecule has 2 aromatic rings. The van der Waals surface area contributed by atoms with Crippen molar-refractivity contribution in [2.75, 3.05) is 20.8 Å². The highest BCUT2D eigenvalue weighted by molar-refractivity contribution is 6.10. The van der Waals surface area contributed by atoms with Crippen LogP contribution in [0.5, 0.6) is 23.0 Å². The van der Waals surface area contributed by atoms with Gasteiger partial charge in [0.25, 0.3) is 0 Å². The van der Waals surface area contributed by atoms with Crippen LogP contribution in [0.15, 0.2) is 48.6 Å². The fraction of sp³-hybridized carbons (Fsp3) is 0.286. The largest absolute Gasteiger partial charge is 0.504 e. The second-order valence-electron chi connectivity index (χ2n) is 8.95. The van der Waals surface area contributed by atoms with Crippen molar-refractivity contribution in [1.82, 2.24) is 5.32 Å². The number of alkyl carbamates (subject to hydrolysis) is 1. The number of rotatable bonds is 11. The minimum atomic E-state index is -0.749. The number of benzene rings is 2. The number of ether oxygens (including phenoxy) is 4. The molecule has 0 unspecified atom stereocenters. The minimum Gasteiger partial charge on any atom is -0.504 e. The van der Waals surface area contributed by atoms with Gasteiger partial charge in [-0.2, -0.15) is 0 Å². The Morgan fingerprint density at radius 1 is 0.842 bits per heavy atom. The minimum absolute atomic E-state index is 0.0191. The molecule has 202 valence electrons. The molecule has 0 aromatic heterocycles. The Labute approximate surface area is 220 Å². The third-order valence-corrected chi connectivity index (χ3v) is 4.66. The first kappa shape index (κ1) is 29.6. The molecular formula is C28H31NO9. The number of methoxy groups -OCH3 is 2. The Morgan fingerprint density at radius 3 is 1.95 bits per heavy atom. The smallest absolute Gasteiger partial charge is 0.408 e. The molecule has 2 N–H and O–H groups in total. The molecule has 0 aliphatic heterocycles. The number of amides is 1. The lowest BCUT2D eigenvalue weighted by atomic mass is 10.1. The molecule has 1 amide bonds. The molecule has 0 spiro atoms. The van der Waals surface area contributed by atoms with Crippen LogP contribution in [0.3, 0.4) is 0 Å². The van der Waals surface area contributed by atoms with Crippen molar-refractivity contribution in [3.8, 4) is 23.0 Å². The molecule has 0 radical (unpaired) electrons. The van der Waals surface area contributed by atoms with E-state index in [1.807, 2.05) is 0 Å². The molecule has 2 rings (SSSR count). The van der Waals surface area contributed by atoms with E-state index < -0.39 is 35.8 Å². The molecule has 0 bridgehead atoms. The summed E-state index contributed by atoms with van der Waals surface area (Å²) in [4.78, 5) is 48.1. The van der Waals surface area contributed by atoms with E-state index >= 15 is 0 Å². The molecule has 10 nitrogen and oxygen atoms in total. The summed E-state index contributed by atoms with van der Waals surface area (Å²) in [7, 11) is 2.81. The third kappa shape index (κ3) is 10.2. The van der Waals surface area contributed by atoms with Crippen molar-refractivity contribution < 1.29 is 43.2 Å². The van der Waals surface area contributed by atoms with Gasteiger partial charge in [-0.25, -0.2) is 9.59 Å². The number of carbonyl (C=O) groups excluding carboxylic acids is 4. The number of hydrogen-bond donors (Lipinski definition) is 2. The van der Waals surface area contributed by atoms with E-state index in [9.17, 15) is 24.3 Å². The van der Waals surface area contributed by atoms with Gasteiger partial charge in [-0.3, -0.25) is 9.59 Å². The van der Waals surface area contributed by atoms with Crippen LogP contribution in [-0.2, 0) is 19.1 Å². The molecule has 0 aliphatic rings. The lowest BCUT2D eigenvalue weighted by Crippen LogP contribution is -2.36. The molecule has 0 atom stereocenters. The lowest BCUT2D eigenvalue weighted by Gasteiger charge is -2.19. The van der Waals surface area contributed by atoms with Gasteiger partial charge < -0.3 is 29.4 Å². The zero-order valence-corrected chi connectivity index (χ0v) is 21.9. The number of allylic oxidation sites excluding steroid dienone is 2. The van der Waals surface area contributed by atoms with Crippen molar-refractivity contribution >= 4 is 35.8 Å². The highest BCUT2D eigenvalue weighted by atomic mass is 16.6. The number of esters is 1. The topological polar surface area (TPSA) is 137 Å². The van der Waals surface area contributed by atoms with Crippen molar-refractivity contribution in [2.24, 2.45) is 0 Å². The van der Waals surface area contributed by atoms with Crippen LogP contribution < -0.4 is 19.5 Å². The number of aromatic hydroxyl groups is 1. The highest BCUT2D eigenvalue weighted by Crippen LogP contribution is 2.29. The molecule has 38 heavy (non-hydrogen) atoms. The first-order chi connectivity index (χ1) is 17.9. The molecule has 0 fully saturated rings. The quantitative estimate of drug-likeness (QED) is 0.192. The van der Waals surface area contributed by atoms with Crippen LogP contribution in [0.2, 0.25) is 0 Å².